The van der Waals surface area contributed by atoms with Crippen molar-refractivity contribution in [1.82, 2.24) is 14.5 Å². The number of nitriles is 1. The second-order valence-electron chi connectivity index (χ2n) is 6.77. The van der Waals surface area contributed by atoms with E-state index < -0.39 is 0 Å². The van der Waals surface area contributed by atoms with Gasteiger partial charge in [-0.1, -0.05) is 29.8 Å². The zero-order valence-electron chi connectivity index (χ0n) is 15.6. The summed E-state index contributed by atoms with van der Waals surface area (Å²) < 4.78 is 2.21. The standard InChI is InChI=1S/C23H20N4/c1-15-8-10-20(11-9-15)27-16(2)12-18(17(27)3)13-19(14-24)23-25-21-6-4-5-7-22(21)26-23/h4-13H,1-3H3,(H,25,26). The number of hydrogen-bond donors (Lipinski definition) is 1. The van der Waals surface area contributed by atoms with Gasteiger partial charge in [-0.05, 0) is 62.7 Å². The number of fused-ring (bicyclic) bond motifs is 1. The summed E-state index contributed by atoms with van der Waals surface area (Å²) >= 11 is 0. The minimum absolute atomic E-state index is 0.523. The average molecular weight is 352 g/mol. The third-order valence-electron chi connectivity index (χ3n) is 4.83. The quantitative estimate of drug-likeness (QED) is 0.506. The normalized spacial score (nSPS) is 11.7. The van der Waals surface area contributed by atoms with Gasteiger partial charge in [-0.2, -0.15) is 5.26 Å². The van der Waals surface area contributed by atoms with Crippen LogP contribution in [0.5, 0.6) is 0 Å². The largest absolute Gasteiger partial charge is 0.337 e. The number of para-hydroxylation sites is 2. The SMILES string of the molecule is Cc1ccc(-n2c(C)cc(C=C(C#N)c3nc4ccccc4[nH]3)c2C)cc1. The first-order valence-corrected chi connectivity index (χ1v) is 8.90. The molecule has 0 radical (unpaired) electrons. The molecule has 0 saturated heterocycles. The molecule has 0 unspecified atom stereocenters. The molecule has 4 nitrogen and oxygen atoms in total. The fourth-order valence-corrected chi connectivity index (χ4v) is 3.41. The smallest absolute Gasteiger partial charge is 0.149 e. The number of aromatic nitrogens is 3. The summed E-state index contributed by atoms with van der Waals surface area (Å²) in [5.41, 5.74) is 7.91. The Hall–Kier alpha value is -3.58. The Kier molecular flexibility index (Phi) is 4.13. The molecule has 0 aliphatic carbocycles. The molecular weight excluding hydrogens is 332 g/mol. The molecule has 0 aliphatic heterocycles. The summed E-state index contributed by atoms with van der Waals surface area (Å²) in [6, 6.07) is 20.6. The second kappa shape index (κ2) is 6.62. The van der Waals surface area contributed by atoms with Crippen LogP contribution >= 0.6 is 0 Å². The predicted molar refractivity (Wildman–Crippen MR) is 110 cm³/mol. The Labute approximate surface area is 158 Å². The van der Waals surface area contributed by atoms with Gasteiger partial charge in [0.05, 0.1) is 16.6 Å². The van der Waals surface area contributed by atoms with Crippen LogP contribution < -0.4 is 0 Å². The monoisotopic (exact) mass is 352 g/mol. The van der Waals surface area contributed by atoms with Crippen LogP contribution in [0.4, 0.5) is 0 Å². The summed E-state index contributed by atoms with van der Waals surface area (Å²) in [6.07, 6.45) is 1.91. The number of rotatable bonds is 3. The number of allylic oxidation sites excluding steroid dienone is 1. The lowest BCUT2D eigenvalue weighted by Gasteiger charge is -2.10. The van der Waals surface area contributed by atoms with Gasteiger partial charge >= 0.3 is 0 Å². The van der Waals surface area contributed by atoms with Gasteiger partial charge in [0.25, 0.3) is 0 Å². The minimum Gasteiger partial charge on any atom is -0.337 e. The number of imidazole rings is 1. The maximum Gasteiger partial charge on any atom is 0.149 e. The molecule has 4 heteroatoms. The topological polar surface area (TPSA) is 57.4 Å². The summed E-state index contributed by atoms with van der Waals surface area (Å²) in [4.78, 5) is 7.79. The molecule has 0 spiro atoms. The fraction of sp³-hybridized carbons (Fsp3) is 0.130. The van der Waals surface area contributed by atoms with Crippen molar-refractivity contribution in [3.63, 3.8) is 0 Å². The number of aryl methyl sites for hydroxylation is 2. The van der Waals surface area contributed by atoms with Crippen molar-refractivity contribution in [3.05, 3.63) is 82.9 Å². The Morgan fingerprint density at radius 2 is 1.81 bits per heavy atom. The van der Waals surface area contributed by atoms with Gasteiger partial charge in [-0.15, -0.1) is 0 Å². The molecule has 4 aromatic rings. The Balaban J connectivity index is 1.79. The van der Waals surface area contributed by atoms with E-state index in [1.54, 1.807) is 0 Å². The minimum atomic E-state index is 0.523. The fourth-order valence-electron chi connectivity index (χ4n) is 3.41. The number of aromatic amines is 1. The summed E-state index contributed by atoms with van der Waals surface area (Å²) in [5, 5.41) is 9.70. The van der Waals surface area contributed by atoms with E-state index in [-0.39, 0.29) is 0 Å². The van der Waals surface area contributed by atoms with E-state index in [1.807, 2.05) is 30.3 Å². The van der Waals surface area contributed by atoms with E-state index in [1.165, 1.54) is 5.56 Å². The first-order chi connectivity index (χ1) is 13.1. The number of nitrogens with one attached hydrogen (secondary N) is 1. The predicted octanol–water partition coefficient (Wildman–Crippen LogP) is 5.34. The third-order valence-corrected chi connectivity index (χ3v) is 4.83. The molecule has 2 aromatic carbocycles. The highest BCUT2D eigenvalue weighted by atomic mass is 15.0. The summed E-state index contributed by atoms with van der Waals surface area (Å²) in [7, 11) is 0. The van der Waals surface area contributed by atoms with Gasteiger partial charge in [0.1, 0.15) is 11.9 Å². The summed E-state index contributed by atoms with van der Waals surface area (Å²) in [6.45, 7) is 6.24. The Morgan fingerprint density at radius 1 is 1.07 bits per heavy atom. The molecule has 2 heterocycles. The van der Waals surface area contributed by atoms with E-state index in [0.717, 1.165) is 33.7 Å². The van der Waals surface area contributed by atoms with Gasteiger partial charge in [-0.25, -0.2) is 4.98 Å². The molecule has 0 fully saturated rings. The van der Waals surface area contributed by atoms with E-state index in [9.17, 15) is 5.26 Å². The van der Waals surface area contributed by atoms with Crippen molar-refractivity contribution >= 4 is 22.7 Å². The van der Waals surface area contributed by atoms with Gasteiger partial charge in [-0.3, -0.25) is 0 Å². The molecule has 0 bridgehead atoms. The Bertz CT molecular complexity index is 1160. The van der Waals surface area contributed by atoms with Crippen LogP contribution in [0, 0.1) is 32.1 Å². The molecule has 0 aliphatic rings. The van der Waals surface area contributed by atoms with E-state index in [4.69, 9.17) is 0 Å². The van der Waals surface area contributed by atoms with Crippen molar-refractivity contribution in [2.45, 2.75) is 20.8 Å². The lowest BCUT2D eigenvalue weighted by atomic mass is 10.1. The first kappa shape index (κ1) is 16.9. The van der Waals surface area contributed by atoms with Crippen LogP contribution in [0.25, 0.3) is 28.4 Å². The summed E-state index contributed by atoms with van der Waals surface area (Å²) in [5.74, 6) is 0.596. The zero-order valence-corrected chi connectivity index (χ0v) is 15.6. The molecule has 1 N–H and O–H groups in total. The van der Waals surface area contributed by atoms with Gasteiger partial charge in [0, 0.05) is 17.1 Å². The van der Waals surface area contributed by atoms with Crippen molar-refractivity contribution in [2.75, 3.05) is 0 Å². The lowest BCUT2D eigenvalue weighted by Crippen LogP contribution is -1.99. The van der Waals surface area contributed by atoms with Crippen LogP contribution in [-0.2, 0) is 0 Å². The highest BCUT2D eigenvalue weighted by molar-refractivity contribution is 5.90. The van der Waals surface area contributed by atoms with Crippen molar-refractivity contribution in [2.24, 2.45) is 0 Å². The van der Waals surface area contributed by atoms with Crippen molar-refractivity contribution in [3.8, 4) is 11.8 Å². The van der Waals surface area contributed by atoms with Crippen LogP contribution in [0.1, 0.15) is 28.3 Å². The second-order valence-corrected chi connectivity index (χ2v) is 6.77. The number of benzene rings is 2. The molecule has 132 valence electrons. The van der Waals surface area contributed by atoms with Gasteiger partial charge in [0.2, 0.25) is 0 Å². The highest BCUT2D eigenvalue weighted by Crippen LogP contribution is 2.25. The lowest BCUT2D eigenvalue weighted by molar-refractivity contribution is 0.963. The number of nitrogens with zero attached hydrogens (tertiary/aromatic N) is 3. The van der Waals surface area contributed by atoms with Crippen LogP contribution in [0.2, 0.25) is 0 Å². The van der Waals surface area contributed by atoms with E-state index >= 15 is 0 Å². The van der Waals surface area contributed by atoms with Crippen LogP contribution in [0.15, 0.2) is 54.6 Å². The molecule has 27 heavy (non-hydrogen) atoms. The van der Waals surface area contributed by atoms with Crippen LogP contribution in [0.3, 0.4) is 0 Å². The molecule has 0 amide bonds. The van der Waals surface area contributed by atoms with Gasteiger partial charge in [0.15, 0.2) is 0 Å². The van der Waals surface area contributed by atoms with Crippen molar-refractivity contribution in [1.29, 1.82) is 5.26 Å². The maximum atomic E-state index is 9.70. The number of hydrogen-bond acceptors (Lipinski definition) is 2. The molecule has 2 aromatic heterocycles. The zero-order chi connectivity index (χ0) is 19.0. The van der Waals surface area contributed by atoms with E-state index in [2.05, 4.69) is 71.7 Å². The molecule has 0 atom stereocenters. The molecular formula is C23H20N4. The Morgan fingerprint density at radius 3 is 2.52 bits per heavy atom. The first-order valence-electron chi connectivity index (χ1n) is 8.90. The maximum absolute atomic E-state index is 9.70. The van der Waals surface area contributed by atoms with E-state index in [0.29, 0.717) is 11.4 Å². The van der Waals surface area contributed by atoms with Crippen molar-refractivity contribution < 1.29 is 0 Å². The third kappa shape index (κ3) is 3.04. The average Bonchev–Trinajstić information content (AvgIpc) is 3.21. The highest BCUT2D eigenvalue weighted by Gasteiger charge is 2.12. The van der Waals surface area contributed by atoms with Crippen LogP contribution in [-0.4, -0.2) is 14.5 Å². The number of H-pyrrole nitrogens is 1. The molecule has 4 rings (SSSR count). The van der Waals surface area contributed by atoms with Gasteiger partial charge < -0.3 is 9.55 Å². The molecule has 0 saturated carbocycles.